The van der Waals surface area contributed by atoms with Gasteiger partial charge in [0.15, 0.2) is 0 Å². The van der Waals surface area contributed by atoms with Crippen molar-refractivity contribution >= 4 is 48.2 Å². The van der Waals surface area contributed by atoms with Gasteiger partial charge in [0.1, 0.15) is 18.1 Å². The minimum atomic E-state index is -1.49. The molecule has 198 valence electrons. The smallest absolute Gasteiger partial charge is 0.326 e. The third-order valence-corrected chi connectivity index (χ3v) is 5.40. The van der Waals surface area contributed by atoms with E-state index in [1.165, 1.54) is 0 Å². The maximum atomic E-state index is 12.9. The Balaban J connectivity index is 2.98. The van der Waals surface area contributed by atoms with E-state index in [4.69, 9.17) is 16.6 Å². The average molecular weight is 526 g/mol. The van der Waals surface area contributed by atoms with Crippen molar-refractivity contribution in [1.29, 1.82) is 0 Å². The molecule has 4 amide bonds. The standard InChI is InChI=1S/C22H31N5O8S/c23-13(6-8-17(24)28)19(31)27-16(11-36)21(33)26-15(10-12-4-2-1-3-5-12)20(32)25-14(22(34)35)7-9-18(29)30/h1-5,13-16,36H,6-11,23H2,(H2,24,28)(H,25,32)(H,26,33)(H,27,31)(H,29,30)(H,34,35). The van der Waals surface area contributed by atoms with Crippen LogP contribution in [0.2, 0.25) is 0 Å². The Morgan fingerprint density at radius 2 is 1.36 bits per heavy atom. The van der Waals surface area contributed by atoms with Gasteiger partial charge in [-0.1, -0.05) is 30.3 Å². The molecule has 9 N–H and O–H groups in total. The number of carboxylic acids is 2. The fourth-order valence-corrected chi connectivity index (χ4v) is 3.29. The Labute approximate surface area is 212 Å². The lowest BCUT2D eigenvalue weighted by Crippen LogP contribution is -2.58. The molecule has 0 bridgehead atoms. The molecule has 14 heteroatoms. The Bertz CT molecular complexity index is 946. The van der Waals surface area contributed by atoms with Gasteiger partial charge in [-0.2, -0.15) is 12.6 Å². The first-order valence-corrected chi connectivity index (χ1v) is 11.6. The highest BCUT2D eigenvalue weighted by atomic mass is 32.1. The van der Waals surface area contributed by atoms with Gasteiger partial charge in [-0.15, -0.1) is 0 Å². The largest absolute Gasteiger partial charge is 0.481 e. The molecule has 1 aromatic rings. The molecule has 0 aliphatic heterocycles. The number of carbonyl (C=O) groups excluding carboxylic acids is 4. The summed E-state index contributed by atoms with van der Waals surface area (Å²) in [7, 11) is 0. The number of carbonyl (C=O) groups is 6. The SMILES string of the molecule is NC(=O)CCC(N)C(=O)NC(CS)C(=O)NC(Cc1ccccc1)C(=O)NC(CCC(=O)O)C(=O)O. The molecular formula is C22H31N5O8S. The van der Waals surface area contributed by atoms with E-state index in [2.05, 4.69) is 28.6 Å². The Kier molecular flexibility index (Phi) is 13.0. The second-order valence-electron chi connectivity index (χ2n) is 7.94. The molecule has 0 spiro atoms. The monoisotopic (exact) mass is 525 g/mol. The third-order valence-electron chi connectivity index (χ3n) is 5.03. The molecule has 4 unspecified atom stereocenters. The molecule has 0 saturated heterocycles. The van der Waals surface area contributed by atoms with E-state index >= 15 is 0 Å². The van der Waals surface area contributed by atoms with E-state index in [1.54, 1.807) is 30.3 Å². The number of nitrogens with two attached hydrogens (primary N) is 2. The predicted molar refractivity (Wildman–Crippen MR) is 131 cm³/mol. The van der Waals surface area contributed by atoms with E-state index in [0.717, 1.165) is 0 Å². The summed E-state index contributed by atoms with van der Waals surface area (Å²) < 4.78 is 0. The summed E-state index contributed by atoms with van der Waals surface area (Å²) >= 11 is 4.06. The van der Waals surface area contributed by atoms with E-state index < -0.39 is 66.2 Å². The Morgan fingerprint density at radius 3 is 1.89 bits per heavy atom. The van der Waals surface area contributed by atoms with E-state index in [9.17, 15) is 33.9 Å². The van der Waals surface area contributed by atoms with Crippen LogP contribution in [0.15, 0.2) is 30.3 Å². The molecule has 0 heterocycles. The van der Waals surface area contributed by atoms with Gasteiger partial charge < -0.3 is 37.6 Å². The summed E-state index contributed by atoms with van der Waals surface area (Å²) in [5, 5.41) is 25.3. The van der Waals surface area contributed by atoms with Gasteiger partial charge in [-0.25, -0.2) is 4.79 Å². The number of benzene rings is 1. The van der Waals surface area contributed by atoms with Crippen molar-refractivity contribution in [2.24, 2.45) is 11.5 Å². The van der Waals surface area contributed by atoms with Crippen molar-refractivity contribution < 1.29 is 39.0 Å². The molecule has 1 aromatic carbocycles. The van der Waals surface area contributed by atoms with Crippen LogP contribution in [0, 0.1) is 0 Å². The number of primary amides is 1. The highest BCUT2D eigenvalue weighted by Gasteiger charge is 2.30. The predicted octanol–water partition coefficient (Wildman–Crippen LogP) is -1.84. The number of carboxylic acid groups (broad SMARTS) is 2. The van der Waals surface area contributed by atoms with Crippen LogP contribution in [0.4, 0.5) is 0 Å². The van der Waals surface area contributed by atoms with E-state index in [1.807, 2.05) is 0 Å². The van der Waals surface area contributed by atoms with Gasteiger partial charge in [0.25, 0.3) is 0 Å². The first-order chi connectivity index (χ1) is 16.9. The van der Waals surface area contributed by atoms with Crippen LogP contribution in [-0.4, -0.2) is 75.7 Å². The first kappa shape index (κ1) is 30.4. The summed E-state index contributed by atoms with van der Waals surface area (Å²) in [5.41, 5.74) is 11.4. The maximum absolute atomic E-state index is 12.9. The quantitative estimate of drug-likeness (QED) is 0.113. The number of thiol groups is 1. The van der Waals surface area contributed by atoms with Crippen molar-refractivity contribution in [1.82, 2.24) is 16.0 Å². The normalized spacial score (nSPS) is 13.9. The topological polar surface area (TPSA) is 231 Å². The summed E-state index contributed by atoms with van der Waals surface area (Å²) in [6.07, 6.45) is -1.03. The minimum absolute atomic E-state index is 0.0188. The molecule has 0 aliphatic carbocycles. The first-order valence-electron chi connectivity index (χ1n) is 11.0. The summed E-state index contributed by atoms with van der Waals surface area (Å²) in [4.78, 5) is 71.3. The number of hydrogen-bond acceptors (Lipinski definition) is 8. The Morgan fingerprint density at radius 1 is 0.806 bits per heavy atom. The lowest BCUT2D eigenvalue weighted by atomic mass is 10.0. The van der Waals surface area contributed by atoms with Crippen molar-refractivity contribution in [2.75, 3.05) is 5.75 Å². The summed E-state index contributed by atoms with van der Waals surface area (Å²) in [5.74, 6) is -5.82. The van der Waals surface area contributed by atoms with Gasteiger partial charge in [0.2, 0.25) is 23.6 Å². The zero-order valence-corrected chi connectivity index (χ0v) is 20.3. The van der Waals surface area contributed by atoms with Crippen LogP contribution in [0.25, 0.3) is 0 Å². The van der Waals surface area contributed by atoms with Gasteiger partial charge in [-0.3, -0.25) is 24.0 Å². The van der Waals surface area contributed by atoms with Crippen molar-refractivity contribution in [2.45, 2.75) is 56.3 Å². The molecule has 0 radical (unpaired) electrons. The minimum Gasteiger partial charge on any atom is -0.481 e. The second-order valence-corrected chi connectivity index (χ2v) is 8.30. The summed E-state index contributed by atoms with van der Waals surface area (Å²) in [6.45, 7) is 0. The molecule has 36 heavy (non-hydrogen) atoms. The number of hydrogen-bond donors (Lipinski definition) is 8. The molecule has 0 aromatic heterocycles. The molecule has 0 aliphatic rings. The van der Waals surface area contributed by atoms with Crippen molar-refractivity contribution in [3.63, 3.8) is 0 Å². The van der Waals surface area contributed by atoms with Crippen molar-refractivity contribution in [3.8, 4) is 0 Å². The highest BCUT2D eigenvalue weighted by Crippen LogP contribution is 2.07. The van der Waals surface area contributed by atoms with Gasteiger partial charge in [0.05, 0.1) is 6.04 Å². The molecule has 4 atom stereocenters. The van der Waals surface area contributed by atoms with E-state index in [-0.39, 0.29) is 31.4 Å². The molecule has 13 nitrogen and oxygen atoms in total. The number of nitrogens with one attached hydrogen (secondary N) is 3. The van der Waals surface area contributed by atoms with Crippen molar-refractivity contribution in [3.05, 3.63) is 35.9 Å². The van der Waals surface area contributed by atoms with Gasteiger partial charge in [0, 0.05) is 25.0 Å². The number of amides is 4. The average Bonchev–Trinajstić information content (AvgIpc) is 2.82. The lowest BCUT2D eigenvalue weighted by molar-refractivity contribution is -0.143. The van der Waals surface area contributed by atoms with E-state index in [0.29, 0.717) is 5.56 Å². The highest BCUT2D eigenvalue weighted by molar-refractivity contribution is 7.80. The second kappa shape index (κ2) is 15.4. The molecule has 1 rings (SSSR count). The van der Waals surface area contributed by atoms with Crippen LogP contribution in [-0.2, 0) is 35.2 Å². The zero-order chi connectivity index (χ0) is 27.3. The van der Waals surface area contributed by atoms with Crippen LogP contribution in [0.1, 0.15) is 31.2 Å². The third kappa shape index (κ3) is 11.2. The maximum Gasteiger partial charge on any atom is 0.326 e. The van der Waals surface area contributed by atoms with Crippen LogP contribution < -0.4 is 27.4 Å². The Hall–Kier alpha value is -3.65. The van der Waals surface area contributed by atoms with Crippen LogP contribution >= 0.6 is 12.6 Å². The zero-order valence-electron chi connectivity index (χ0n) is 19.4. The van der Waals surface area contributed by atoms with Crippen LogP contribution in [0.3, 0.4) is 0 Å². The van der Waals surface area contributed by atoms with Crippen LogP contribution in [0.5, 0.6) is 0 Å². The fraction of sp³-hybridized carbons (Fsp3) is 0.455. The number of aliphatic carboxylic acids is 2. The number of rotatable bonds is 16. The molecule has 0 saturated carbocycles. The molecular weight excluding hydrogens is 494 g/mol. The van der Waals surface area contributed by atoms with Gasteiger partial charge in [-0.05, 0) is 18.4 Å². The summed E-state index contributed by atoms with van der Waals surface area (Å²) in [6, 6.07) is 3.50. The fourth-order valence-electron chi connectivity index (χ4n) is 3.03. The van der Waals surface area contributed by atoms with Gasteiger partial charge >= 0.3 is 11.9 Å². The lowest BCUT2D eigenvalue weighted by Gasteiger charge is -2.24. The molecule has 0 fully saturated rings.